The molecule has 6 nitrogen and oxygen atoms in total. The molecule has 2 aromatic heterocycles. The summed E-state index contributed by atoms with van der Waals surface area (Å²) in [6, 6.07) is 13.6. The first kappa shape index (κ1) is 21.4. The Morgan fingerprint density at radius 2 is 2.03 bits per heavy atom. The van der Waals surface area contributed by atoms with E-state index < -0.39 is 0 Å². The summed E-state index contributed by atoms with van der Waals surface area (Å²) in [5.74, 6) is 2.09. The van der Waals surface area contributed by atoms with Gasteiger partial charge in [0.25, 0.3) is 5.91 Å². The highest BCUT2D eigenvalue weighted by molar-refractivity contribution is 5.99. The SMILES string of the molecule is Cc1ccc(-c2nn(-c3ccccc3)cc2C(=O)NCCCCN2CCCC(C)C2)o1. The van der Waals surface area contributed by atoms with E-state index in [1.54, 1.807) is 10.9 Å². The standard InChI is InChI=1S/C25H32N4O2/c1-19-9-8-16-28(17-19)15-7-6-14-26-25(30)22-18-29(21-10-4-3-5-11-21)27-24(22)23-13-12-20(2)31-23/h3-5,10-13,18-19H,6-9,14-17H2,1-2H3,(H,26,30). The quantitative estimate of drug-likeness (QED) is 0.537. The largest absolute Gasteiger partial charge is 0.460 e. The van der Waals surface area contributed by atoms with Crippen molar-refractivity contribution in [1.82, 2.24) is 20.0 Å². The van der Waals surface area contributed by atoms with Crippen LogP contribution in [-0.2, 0) is 0 Å². The van der Waals surface area contributed by atoms with E-state index in [0.717, 1.165) is 36.8 Å². The predicted molar refractivity (Wildman–Crippen MR) is 122 cm³/mol. The van der Waals surface area contributed by atoms with Gasteiger partial charge in [0.05, 0.1) is 11.3 Å². The van der Waals surface area contributed by atoms with E-state index in [-0.39, 0.29) is 5.91 Å². The van der Waals surface area contributed by atoms with Gasteiger partial charge < -0.3 is 14.6 Å². The van der Waals surface area contributed by atoms with Crippen molar-refractivity contribution in [2.75, 3.05) is 26.2 Å². The van der Waals surface area contributed by atoms with E-state index in [9.17, 15) is 4.79 Å². The number of nitrogens with one attached hydrogen (secondary N) is 1. The lowest BCUT2D eigenvalue weighted by Gasteiger charge is -2.30. The van der Waals surface area contributed by atoms with Gasteiger partial charge in [0.2, 0.25) is 0 Å². The number of aromatic nitrogens is 2. The van der Waals surface area contributed by atoms with Crippen LogP contribution in [0.2, 0.25) is 0 Å². The van der Waals surface area contributed by atoms with Crippen LogP contribution in [0.3, 0.4) is 0 Å². The molecule has 0 spiro atoms. The number of hydrogen-bond acceptors (Lipinski definition) is 4. The van der Waals surface area contributed by atoms with E-state index in [2.05, 4.69) is 22.2 Å². The minimum atomic E-state index is -0.113. The van der Waals surface area contributed by atoms with Crippen LogP contribution in [0.1, 0.15) is 48.7 Å². The Bertz CT molecular complexity index is 992. The molecular weight excluding hydrogens is 388 g/mol. The second kappa shape index (κ2) is 9.96. The highest BCUT2D eigenvalue weighted by atomic mass is 16.3. The number of furan rings is 1. The van der Waals surface area contributed by atoms with Crippen molar-refractivity contribution in [3.05, 3.63) is 60.0 Å². The van der Waals surface area contributed by atoms with Crippen molar-refractivity contribution < 1.29 is 9.21 Å². The lowest BCUT2D eigenvalue weighted by Crippen LogP contribution is -2.35. The van der Waals surface area contributed by atoms with Gasteiger partial charge >= 0.3 is 0 Å². The monoisotopic (exact) mass is 420 g/mol. The molecule has 0 bridgehead atoms. The molecule has 0 radical (unpaired) electrons. The molecule has 0 saturated carbocycles. The number of likely N-dealkylation sites (tertiary alicyclic amines) is 1. The van der Waals surface area contributed by atoms with Crippen molar-refractivity contribution >= 4 is 5.91 Å². The molecule has 1 saturated heterocycles. The summed E-state index contributed by atoms with van der Waals surface area (Å²) in [5.41, 5.74) is 2.00. The molecule has 3 heterocycles. The van der Waals surface area contributed by atoms with Gasteiger partial charge in [-0.1, -0.05) is 25.1 Å². The number of para-hydroxylation sites is 1. The van der Waals surface area contributed by atoms with E-state index in [1.165, 1.54) is 25.9 Å². The molecular formula is C25H32N4O2. The fourth-order valence-electron chi connectivity index (χ4n) is 4.24. The van der Waals surface area contributed by atoms with Crippen molar-refractivity contribution in [2.24, 2.45) is 5.92 Å². The fraction of sp³-hybridized carbons (Fsp3) is 0.440. The minimum Gasteiger partial charge on any atom is -0.460 e. The zero-order valence-corrected chi connectivity index (χ0v) is 18.5. The maximum Gasteiger partial charge on any atom is 0.255 e. The van der Waals surface area contributed by atoms with Gasteiger partial charge in [-0.05, 0) is 75.9 Å². The molecule has 1 atom stereocenters. The Balaban J connectivity index is 1.39. The van der Waals surface area contributed by atoms with Gasteiger partial charge in [0, 0.05) is 19.3 Å². The van der Waals surface area contributed by atoms with E-state index in [0.29, 0.717) is 23.6 Å². The van der Waals surface area contributed by atoms with Crippen LogP contribution in [-0.4, -0.2) is 46.8 Å². The van der Waals surface area contributed by atoms with Gasteiger partial charge in [-0.3, -0.25) is 4.79 Å². The van der Waals surface area contributed by atoms with Gasteiger partial charge in [-0.15, -0.1) is 0 Å². The average Bonchev–Trinajstić information content (AvgIpc) is 3.40. The molecule has 0 aliphatic carbocycles. The van der Waals surface area contributed by atoms with Gasteiger partial charge in [-0.2, -0.15) is 5.10 Å². The number of nitrogens with zero attached hydrogens (tertiary/aromatic N) is 3. The number of rotatable bonds is 8. The zero-order chi connectivity index (χ0) is 21.6. The smallest absolute Gasteiger partial charge is 0.255 e. The normalized spacial score (nSPS) is 17.0. The van der Waals surface area contributed by atoms with Crippen LogP contribution in [0, 0.1) is 12.8 Å². The van der Waals surface area contributed by atoms with E-state index in [1.807, 2.05) is 49.4 Å². The fourth-order valence-corrected chi connectivity index (χ4v) is 4.24. The number of piperidine rings is 1. The molecule has 31 heavy (non-hydrogen) atoms. The predicted octanol–water partition coefficient (Wildman–Crippen LogP) is 4.68. The first-order valence-corrected chi connectivity index (χ1v) is 11.3. The van der Waals surface area contributed by atoms with Crippen molar-refractivity contribution in [3.8, 4) is 17.1 Å². The molecule has 1 aliphatic rings. The maximum atomic E-state index is 13.0. The number of carbonyl (C=O) groups is 1. The molecule has 1 fully saturated rings. The van der Waals surface area contributed by atoms with Gasteiger partial charge in [0.15, 0.2) is 5.76 Å². The number of carbonyl (C=O) groups excluding carboxylic acids is 1. The molecule has 1 aliphatic heterocycles. The van der Waals surface area contributed by atoms with E-state index >= 15 is 0 Å². The third-order valence-corrected chi connectivity index (χ3v) is 5.88. The number of benzene rings is 1. The zero-order valence-electron chi connectivity index (χ0n) is 18.5. The van der Waals surface area contributed by atoms with Crippen LogP contribution in [0.25, 0.3) is 17.1 Å². The Hall–Kier alpha value is -2.86. The molecule has 6 heteroatoms. The van der Waals surface area contributed by atoms with E-state index in [4.69, 9.17) is 4.42 Å². The summed E-state index contributed by atoms with van der Waals surface area (Å²) in [4.78, 5) is 15.5. The molecule has 1 N–H and O–H groups in total. The second-order valence-corrected chi connectivity index (χ2v) is 8.59. The molecule has 3 aromatic rings. The van der Waals surface area contributed by atoms with Crippen LogP contribution < -0.4 is 5.32 Å². The lowest BCUT2D eigenvalue weighted by molar-refractivity contribution is 0.0952. The number of amides is 1. The summed E-state index contributed by atoms with van der Waals surface area (Å²) in [7, 11) is 0. The maximum absolute atomic E-state index is 13.0. The van der Waals surface area contributed by atoms with Crippen LogP contribution in [0.4, 0.5) is 0 Å². The number of unbranched alkanes of at least 4 members (excludes halogenated alkanes) is 1. The average molecular weight is 421 g/mol. The minimum absolute atomic E-state index is 0.113. The van der Waals surface area contributed by atoms with Crippen molar-refractivity contribution in [1.29, 1.82) is 0 Å². The third kappa shape index (κ3) is 5.44. The van der Waals surface area contributed by atoms with Crippen LogP contribution >= 0.6 is 0 Å². The number of hydrogen-bond donors (Lipinski definition) is 1. The summed E-state index contributed by atoms with van der Waals surface area (Å²) in [6.45, 7) is 8.41. The number of aryl methyl sites for hydroxylation is 1. The molecule has 1 aromatic carbocycles. The Morgan fingerprint density at radius 3 is 2.77 bits per heavy atom. The summed E-state index contributed by atoms with van der Waals surface area (Å²) in [6.07, 6.45) is 6.51. The highest BCUT2D eigenvalue weighted by Crippen LogP contribution is 2.25. The van der Waals surface area contributed by atoms with Crippen molar-refractivity contribution in [3.63, 3.8) is 0 Å². The van der Waals surface area contributed by atoms with Crippen LogP contribution in [0.15, 0.2) is 53.1 Å². The molecule has 1 amide bonds. The molecule has 1 unspecified atom stereocenters. The highest BCUT2D eigenvalue weighted by Gasteiger charge is 2.21. The second-order valence-electron chi connectivity index (χ2n) is 8.59. The lowest BCUT2D eigenvalue weighted by atomic mass is 10.0. The summed E-state index contributed by atoms with van der Waals surface area (Å²) in [5, 5.41) is 7.73. The van der Waals surface area contributed by atoms with Gasteiger partial charge in [0.1, 0.15) is 11.5 Å². The Morgan fingerprint density at radius 1 is 1.19 bits per heavy atom. The third-order valence-electron chi connectivity index (χ3n) is 5.88. The van der Waals surface area contributed by atoms with Gasteiger partial charge in [-0.25, -0.2) is 4.68 Å². The Kier molecular flexibility index (Phi) is 6.87. The first-order valence-electron chi connectivity index (χ1n) is 11.3. The van der Waals surface area contributed by atoms with Crippen molar-refractivity contribution in [2.45, 2.75) is 39.5 Å². The first-order chi connectivity index (χ1) is 15.1. The molecule has 164 valence electrons. The summed E-state index contributed by atoms with van der Waals surface area (Å²) >= 11 is 0. The summed E-state index contributed by atoms with van der Waals surface area (Å²) < 4.78 is 7.50. The Labute approximate surface area is 184 Å². The topological polar surface area (TPSA) is 63.3 Å². The van der Waals surface area contributed by atoms with Crippen LogP contribution in [0.5, 0.6) is 0 Å². The molecule has 4 rings (SSSR count).